The topological polar surface area (TPSA) is 79.3 Å². The number of nitrogens with one attached hydrogen (secondary N) is 1. The maximum Gasteiger partial charge on any atom is 0.303 e. The van der Waals surface area contributed by atoms with E-state index in [4.69, 9.17) is 5.11 Å². The van der Waals surface area contributed by atoms with Crippen molar-refractivity contribution in [2.24, 2.45) is 5.41 Å². The lowest BCUT2D eigenvalue weighted by Crippen LogP contribution is -2.24. The van der Waals surface area contributed by atoms with Crippen LogP contribution >= 0.6 is 0 Å². The average molecular weight is 236 g/mol. The summed E-state index contributed by atoms with van der Waals surface area (Å²) in [6, 6.07) is 3.37. The maximum atomic E-state index is 11.7. The largest absolute Gasteiger partial charge is 0.481 e. The van der Waals surface area contributed by atoms with E-state index >= 15 is 0 Å². The molecule has 1 aromatic rings. The van der Waals surface area contributed by atoms with Crippen molar-refractivity contribution in [2.45, 2.75) is 26.7 Å². The molecular formula is C12H16N2O3. The Morgan fingerprint density at radius 1 is 1.29 bits per heavy atom. The van der Waals surface area contributed by atoms with Crippen LogP contribution in [0.5, 0.6) is 0 Å². The van der Waals surface area contributed by atoms with Crippen LogP contribution < -0.4 is 5.32 Å². The predicted molar refractivity (Wildman–Crippen MR) is 63.5 cm³/mol. The molecule has 0 atom stereocenters. The van der Waals surface area contributed by atoms with Crippen LogP contribution in [0.1, 0.15) is 26.7 Å². The van der Waals surface area contributed by atoms with Crippen molar-refractivity contribution in [2.75, 3.05) is 5.32 Å². The van der Waals surface area contributed by atoms with Crippen LogP contribution in [0.15, 0.2) is 24.5 Å². The summed E-state index contributed by atoms with van der Waals surface area (Å²) < 4.78 is 0. The van der Waals surface area contributed by atoms with Gasteiger partial charge in [-0.2, -0.15) is 0 Å². The normalized spacial score (nSPS) is 10.9. The zero-order valence-corrected chi connectivity index (χ0v) is 9.93. The predicted octanol–water partition coefficient (Wildman–Crippen LogP) is 1.91. The first-order chi connectivity index (χ1) is 7.89. The Bertz CT molecular complexity index is 401. The van der Waals surface area contributed by atoms with Crippen molar-refractivity contribution in [3.63, 3.8) is 0 Å². The lowest BCUT2D eigenvalue weighted by Gasteiger charge is -2.21. The molecule has 2 N–H and O–H groups in total. The number of carboxylic acids is 1. The van der Waals surface area contributed by atoms with Crippen LogP contribution in [0, 0.1) is 5.41 Å². The summed E-state index contributed by atoms with van der Waals surface area (Å²) in [4.78, 5) is 26.1. The molecule has 1 rings (SSSR count). The maximum absolute atomic E-state index is 11.7. The lowest BCUT2D eigenvalue weighted by atomic mass is 9.85. The third-order valence-corrected chi connectivity index (χ3v) is 2.23. The molecule has 0 spiro atoms. The fourth-order valence-electron chi connectivity index (χ4n) is 1.55. The minimum absolute atomic E-state index is 0.0310. The average Bonchev–Trinajstić information content (AvgIpc) is 2.15. The zero-order valence-electron chi connectivity index (χ0n) is 9.93. The molecular weight excluding hydrogens is 220 g/mol. The van der Waals surface area contributed by atoms with E-state index in [1.165, 1.54) is 0 Å². The first kappa shape index (κ1) is 13.2. The highest BCUT2D eigenvalue weighted by Gasteiger charge is 2.25. The molecule has 0 aliphatic rings. The molecule has 1 amide bonds. The van der Waals surface area contributed by atoms with Gasteiger partial charge in [-0.1, -0.05) is 13.8 Å². The highest BCUT2D eigenvalue weighted by molar-refractivity contribution is 5.91. The molecule has 0 saturated heterocycles. The number of amides is 1. The second-order valence-electron chi connectivity index (χ2n) is 4.70. The van der Waals surface area contributed by atoms with Crippen molar-refractivity contribution in [3.05, 3.63) is 24.5 Å². The van der Waals surface area contributed by atoms with E-state index in [1.807, 2.05) is 0 Å². The summed E-state index contributed by atoms with van der Waals surface area (Å²) in [6.45, 7) is 3.51. The number of hydrogen-bond donors (Lipinski definition) is 2. The first-order valence-electron chi connectivity index (χ1n) is 5.31. The lowest BCUT2D eigenvalue weighted by molar-refractivity contribution is -0.139. The van der Waals surface area contributed by atoms with Crippen LogP contribution in [0.3, 0.4) is 0 Å². The number of nitrogens with zero attached hydrogens (tertiary/aromatic N) is 1. The second kappa shape index (κ2) is 5.43. The number of carbonyl (C=O) groups excluding carboxylic acids is 1. The highest BCUT2D eigenvalue weighted by Crippen LogP contribution is 2.25. The number of carbonyl (C=O) groups is 2. The van der Waals surface area contributed by atoms with Crippen LogP contribution in [-0.4, -0.2) is 22.0 Å². The Labute approximate surface area is 99.9 Å². The third kappa shape index (κ3) is 5.10. The summed E-state index contributed by atoms with van der Waals surface area (Å²) in [7, 11) is 0. The summed E-state index contributed by atoms with van der Waals surface area (Å²) >= 11 is 0. The Morgan fingerprint density at radius 3 is 2.41 bits per heavy atom. The van der Waals surface area contributed by atoms with Crippen molar-refractivity contribution in [1.29, 1.82) is 0 Å². The first-order valence-corrected chi connectivity index (χ1v) is 5.31. The summed E-state index contributed by atoms with van der Waals surface area (Å²) in [5.74, 6) is -1.09. The Hall–Kier alpha value is -1.91. The SMILES string of the molecule is CC(C)(CC(=O)O)CC(=O)Nc1ccncc1. The molecule has 0 saturated carbocycles. The van der Waals surface area contributed by atoms with Crippen molar-refractivity contribution in [3.8, 4) is 0 Å². The molecule has 5 nitrogen and oxygen atoms in total. The van der Waals surface area contributed by atoms with Crippen molar-refractivity contribution in [1.82, 2.24) is 4.98 Å². The molecule has 0 bridgehead atoms. The van der Waals surface area contributed by atoms with E-state index < -0.39 is 11.4 Å². The minimum Gasteiger partial charge on any atom is -0.481 e. The highest BCUT2D eigenvalue weighted by atomic mass is 16.4. The van der Waals surface area contributed by atoms with E-state index in [0.29, 0.717) is 5.69 Å². The number of anilines is 1. The molecule has 0 unspecified atom stereocenters. The van der Waals surface area contributed by atoms with E-state index in [1.54, 1.807) is 38.4 Å². The molecule has 0 aromatic carbocycles. The van der Waals surface area contributed by atoms with Crippen LogP contribution in [0.25, 0.3) is 0 Å². The van der Waals surface area contributed by atoms with Crippen LogP contribution in [0.2, 0.25) is 0 Å². The number of pyridine rings is 1. The molecule has 5 heteroatoms. The van der Waals surface area contributed by atoms with Crippen molar-refractivity contribution < 1.29 is 14.7 Å². The number of rotatable bonds is 5. The molecule has 17 heavy (non-hydrogen) atoms. The molecule has 1 aromatic heterocycles. The van der Waals surface area contributed by atoms with Gasteiger partial charge in [0, 0.05) is 24.5 Å². The Kier molecular flexibility index (Phi) is 4.20. The van der Waals surface area contributed by atoms with Crippen molar-refractivity contribution >= 4 is 17.6 Å². The van der Waals surface area contributed by atoms with Gasteiger partial charge < -0.3 is 10.4 Å². The monoisotopic (exact) mass is 236 g/mol. The number of carboxylic acid groups (broad SMARTS) is 1. The van der Waals surface area contributed by atoms with Gasteiger partial charge in [0.05, 0.1) is 6.42 Å². The number of hydrogen-bond acceptors (Lipinski definition) is 3. The van der Waals surface area contributed by atoms with Gasteiger partial charge in [-0.25, -0.2) is 0 Å². The minimum atomic E-state index is -0.897. The summed E-state index contributed by atoms with van der Waals surface area (Å²) in [5.41, 5.74) is 0.110. The standard InChI is InChI=1S/C12H16N2O3/c1-12(2,8-11(16)17)7-10(15)14-9-3-5-13-6-4-9/h3-6H,7-8H2,1-2H3,(H,16,17)(H,13,14,15). The van der Waals surface area contributed by atoms with Gasteiger partial charge in [0.2, 0.25) is 5.91 Å². The van der Waals surface area contributed by atoms with E-state index in [-0.39, 0.29) is 18.7 Å². The van der Waals surface area contributed by atoms with Gasteiger partial charge in [0.1, 0.15) is 0 Å². The van der Waals surface area contributed by atoms with Gasteiger partial charge in [-0.05, 0) is 17.5 Å². The van der Waals surface area contributed by atoms with Gasteiger partial charge in [0.15, 0.2) is 0 Å². The van der Waals surface area contributed by atoms with Crippen LogP contribution in [-0.2, 0) is 9.59 Å². The summed E-state index contributed by atoms with van der Waals surface area (Å²) in [6.07, 6.45) is 3.30. The van der Waals surface area contributed by atoms with E-state index in [9.17, 15) is 9.59 Å². The molecule has 0 aliphatic heterocycles. The number of aromatic nitrogens is 1. The fraction of sp³-hybridized carbons (Fsp3) is 0.417. The molecule has 0 aliphatic carbocycles. The summed E-state index contributed by atoms with van der Waals surface area (Å²) in [5, 5.41) is 11.4. The van der Waals surface area contributed by atoms with Gasteiger partial charge >= 0.3 is 5.97 Å². The Morgan fingerprint density at radius 2 is 1.88 bits per heavy atom. The van der Waals surface area contributed by atoms with E-state index in [0.717, 1.165) is 0 Å². The Balaban J connectivity index is 2.52. The quantitative estimate of drug-likeness (QED) is 0.818. The van der Waals surface area contributed by atoms with Gasteiger partial charge in [-0.3, -0.25) is 14.6 Å². The fourth-order valence-corrected chi connectivity index (χ4v) is 1.55. The smallest absolute Gasteiger partial charge is 0.303 e. The van der Waals surface area contributed by atoms with Gasteiger partial charge in [0.25, 0.3) is 0 Å². The van der Waals surface area contributed by atoms with E-state index in [2.05, 4.69) is 10.3 Å². The van der Waals surface area contributed by atoms with Gasteiger partial charge in [-0.15, -0.1) is 0 Å². The second-order valence-corrected chi connectivity index (χ2v) is 4.70. The zero-order chi connectivity index (χ0) is 12.9. The molecule has 1 heterocycles. The number of aliphatic carboxylic acids is 1. The molecule has 0 radical (unpaired) electrons. The van der Waals surface area contributed by atoms with Crippen LogP contribution in [0.4, 0.5) is 5.69 Å². The molecule has 92 valence electrons. The molecule has 0 fully saturated rings. The third-order valence-electron chi connectivity index (χ3n) is 2.23.